The summed E-state index contributed by atoms with van der Waals surface area (Å²) in [6.07, 6.45) is 4.65. The highest BCUT2D eigenvalue weighted by atomic mass is 32.1. The monoisotopic (exact) mass is 636 g/mol. The fourth-order valence-electron chi connectivity index (χ4n) is 5.81. The Labute approximate surface area is 269 Å². The van der Waals surface area contributed by atoms with E-state index in [0.29, 0.717) is 40.8 Å². The number of fused-ring (bicyclic) bond motifs is 1. The van der Waals surface area contributed by atoms with Gasteiger partial charge in [-0.05, 0) is 55.0 Å². The molecule has 2 aliphatic rings. The van der Waals surface area contributed by atoms with Crippen LogP contribution in [0.2, 0.25) is 0 Å². The molecule has 2 N–H and O–H groups in total. The molecule has 1 aromatic carbocycles. The first-order valence-electron chi connectivity index (χ1n) is 15.3. The Bertz CT molecular complexity index is 1920. The second-order valence-corrected chi connectivity index (χ2v) is 12.4. The molecule has 2 saturated heterocycles. The molecule has 0 aliphatic carbocycles. The number of aryl methyl sites for hydroxylation is 1. The number of carbonyl (C=O) groups is 1. The van der Waals surface area contributed by atoms with E-state index in [9.17, 15) is 14.4 Å². The van der Waals surface area contributed by atoms with E-state index in [1.165, 1.54) is 23.5 Å². The lowest BCUT2D eigenvalue weighted by atomic mass is 10.1. The second kappa shape index (κ2) is 12.4. The van der Waals surface area contributed by atoms with E-state index in [2.05, 4.69) is 45.2 Å². The fourth-order valence-corrected chi connectivity index (χ4v) is 6.65. The molecule has 11 nitrogen and oxygen atoms in total. The van der Waals surface area contributed by atoms with Gasteiger partial charge in [-0.3, -0.25) is 4.40 Å². The molecule has 46 heavy (non-hydrogen) atoms. The van der Waals surface area contributed by atoms with Gasteiger partial charge in [0.15, 0.2) is 5.13 Å². The zero-order valence-corrected chi connectivity index (χ0v) is 26.4. The van der Waals surface area contributed by atoms with Crippen molar-refractivity contribution in [3.05, 3.63) is 77.3 Å². The number of halogens is 1. The summed E-state index contributed by atoms with van der Waals surface area (Å²) in [6.45, 7) is 6.50. The van der Waals surface area contributed by atoms with Crippen molar-refractivity contribution in [3.8, 4) is 28.5 Å². The number of pyridine rings is 2. The highest BCUT2D eigenvalue weighted by Crippen LogP contribution is 2.37. The lowest BCUT2D eigenvalue weighted by Crippen LogP contribution is -2.61. The van der Waals surface area contributed by atoms with Crippen LogP contribution in [0.15, 0.2) is 60.9 Å². The maximum Gasteiger partial charge on any atom is 0.317 e. The van der Waals surface area contributed by atoms with Crippen LogP contribution >= 0.6 is 11.3 Å². The van der Waals surface area contributed by atoms with Crippen LogP contribution in [0.25, 0.3) is 28.0 Å². The quantitative estimate of drug-likeness (QED) is 0.265. The van der Waals surface area contributed by atoms with Gasteiger partial charge < -0.3 is 25.3 Å². The molecule has 7 rings (SSSR count). The average Bonchev–Trinajstić information content (AvgIpc) is 3.68. The number of urea groups is 1. The number of anilines is 3. The van der Waals surface area contributed by atoms with Crippen LogP contribution in [0, 0.1) is 17.1 Å². The lowest BCUT2D eigenvalue weighted by Gasteiger charge is -2.37. The first-order chi connectivity index (χ1) is 22.4. The number of imidazole rings is 1. The van der Waals surface area contributed by atoms with E-state index in [0.717, 1.165) is 60.3 Å². The summed E-state index contributed by atoms with van der Waals surface area (Å²) >= 11 is 1.29. The van der Waals surface area contributed by atoms with E-state index in [-0.39, 0.29) is 17.9 Å². The van der Waals surface area contributed by atoms with Crippen LogP contribution < -0.4 is 20.4 Å². The molecule has 0 unspecified atom stereocenters. The molecule has 0 atom stereocenters. The standard InChI is InChI=1S/C33H33FN10OS/c1-3-26-31(41(2)33-40-30(27(16-35)46-33)21-4-8-24(34)9-5-21)44-20-23(7-11-29(44)39-26)22-6-10-28(37-17-22)42-12-14-43(15-13-42)32(45)38-25-18-36-19-25/h4-11,17,20,25,36H,3,12-15,18-19H2,1-2H3,(H,38,45). The van der Waals surface area contributed by atoms with Gasteiger partial charge in [-0.1, -0.05) is 18.3 Å². The van der Waals surface area contributed by atoms with Gasteiger partial charge in [-0.15, -0.1) is 0 Å². The lowest BCUT2D eigenvalue weighted by molar-refractivity contribution is 0.185. The van der Waals surface area contributed by atoms with Gasteiger partial charge in [-0.2, -0.15) is 5.26 Å². The minimum absolute atomic E-state index is 0.00859. The summed E-state index contributed by atoms with van der Waals surface area (Å²) in [5.74, 6) is 1.41. The summed E-state index contributed by atoms with van der Waals surface area (Å²) < 4.78 is 15.6. The molecule has 234 valence electrons. The summed E-state index contributed by atoms with van der Waals surface area (Å²) in [4.78, 5) is 33.5. The largest absolute Gasteiger partial charge is 0.353 e. The third-order valence-electron chi connectivity index (χ3n) is 8.52. The van der Waals surface area contributed by atoms with Crippen molar-refractivity contribution in [2.24, 2.45) is 0 Å². The van der Waals surface area contributed by atoms with Crippen molar-refractivity contribution < 1.29 is 9.18 Å². The number of carbonyl (C=O) groups excluding carboxylic acids is 1. The summed E-state index contributed by atoms with van der Waals surface area (Å²) in [7, 11) is 1.92. The molecule has 2 fully saturated rings. The zero-order valence-electron chi connectivity index (χ0n) is 25.6. The number of nitrogens with one attached hydrogen (secondary N) is 2. The maximum atomic E-state index is 13.6. The summed E-state index contributed by atoms with van der Waals surface area (Å²) in [5, 5.41) is 16.7. The van der Waals surface area contributed by atoms with Crippen molar-refractivity contribution in [3.63, 3.8) is 0 Å². The van der Waals surface area contributed by atoms with Crippen LogP contribution in [0.4, 0.5) is 26.0 Å². The topological polar surface area (TPSA) is 118 Å². The first kappa shape index (κ1) is 29.6. The molecule has 0 bridgehead atoms. The molecule has 5 aromatic rings. The molecular formula is C33H33FN10OS. The number of piperazine rings is 1. The predicted octanol–water partition coefficient (Wildman–Crippen LogP) is 4.66. The van der Waals surface area contributed by atoms with Crippen LogP contribution in [-0.4, -0.2) is 82.6 Å². The van der Waals surface area contributed by atoms with E-state index in [1.807, 2.05) is 41.2 Å². The van der Waals surface area contributed by atoms with Gasteiger partial charge >= 0.3 is 6.03 Å². The van der Waals surface area contributed by atoms with E-state index < -0.39 is 0 Å². The number of thiazole rings is 1. The number of nitriles is 1. The molecular weight excluding hydrogens is 603 g/mol. The van der Waals surface area contributed by atoms with Crippen LogP contribution in [-0.2, 0) is 6.42 Å². The Kier molecular flexibility index (Phi) is 7.98. The van der Waals surface area contributed by atoms with Crippen molar-refractivity contribution >= 4 is 39.8 Å². The number of hydrogen-bond acceptors (Lipinski definition) is 9. The zero-order chi connectivity index (χ0) is 31.8. The third kappa shape index (κ3) is 5.61. The molecule has 0 radical (unpaired) electrons. The number of hydrogen-bond donors (Lipinski definition) is 2. The Morgan fingerprint density at radius 2 is 1.80 bits per heavy atom. The molecule has 4 aromatic heterocycles. The first-order valence-corrected chi connectivity index (χ1v) is 16.1. The SMILES string of the molecule is CCc1nc2ccc(-c3ccc(N4CCN(C(=O)NC5CNC5)CC4)nc3)cn2c1N(C)c1nc(-c2ccc(F)cc2)c(C#N)s1. The summed E-state index contributed by atoms with van der Waals surface area (Å²) in [6, 6.07) is 16.7. The Morgan fingerprint density at radius 3 is 2.46 bits per heavy atom. The fraction of sp³-hybridized carbons (Fsp3) is 0.303. The maximum absolute atomic E-state index is 13.6. The van der Waals surface area contributed by atoms with Gasteiger partial charge in [0.1, 0.15) is 39.7 Å². The van der Waals surface area contributed by atoms with Crippen LogP contribution in [0.3, 0.4) is 0 Å². The van der Waals surface area contributed by atoms with Crippen molar-refractivity contribution in [1.29, 1.82) is 5.26 Å². The number of rotatable bonds is 7. The molecule has 0 spiro atoms. The van der Waals surface area contributed by atoms with Crippen LogP contribution in [0.1, 0.15) is 17.5 Å². The molecule has 2 aliphatic heterocycles. The molecule has 13 heteroatoms. The molecule has 0 saturated carbocycles. The smallest absolute Gasteiger partial charge is 0.317 e. The Balaban J connectivity index is 1.11. The molecule has 2 amide bonds. The van der Waals surface area contributed by atoms with E-state index in [4.69, 9.17) is 15.0 Å². The van der Waals surface area contributed by atoms with Crippen molar-refractivity contribution in [2.45, 2.75) is 19.4 Å². The van der Waals surface area contributed by atoms with Gasteiger partial charge in [0.2, 0.25) is 0 Å². The van der Waals surface area contributed by atoms with E-state index >= 15 is 0 Å². The second-order valence-electron chi connectivity index (χ2n) is 11.4. The number of benzene rings is 1. The molecule has 6 heterocycles. The number of nitrogens with zero attached hydrogens (tertiary/aromatic N) is 8. The van der Waals surface area contributed by atoms with Gasteiger partial charge in [0.25, 0.3) is 0 Å². The van der Waals surface area contributed by atoms with E-state index in [1.54, 1.807) is 12.1 Å². The Morgan fingerprint density at radius 1 is 1.07 bits per heavy atom. The highest BCUT2D eigenvalue weighted by Gasteiger charge is 2.26. The van der Waals surface area contributed by atoms with Crippen LogP contribution in [0.5, 0.6) is 0 Å². The number of aromatic nitrogens is 4. The average molecular weight is 637 g/mol. The predicted molar refractivity (Wildman–Crippen MR) is 177 cm³/mol. The van der Waals surface area contributed by atoms with Gasteiger partial charge in [0, 0.05) is 75.4 Å². The highest BCUT2D eigenvalue weighted by molar-refractivity contribution is 7.16. The normalized spacial score (nSPS) is 15.1. The number of amides is 2. The Hall–Kier alpha value is -5.06. The van der Waals surface area contributed by atoms with Gasteiger partial charge in [-0.25, -0.2) is 24.1 Å². The van der Waals surface area contributed by atoms with Crippen molar-refractivity contribution in [2.75, 3.05) is 56.1 Å². The van der Waals surface area contributed by atoms with Gasteiger partial charge in [0.05, 0.1) is 11.7 Å². The minimum Gasteiger partial charge on any atom is -0.353 e. The third-order valence-corrected chi connectivity index (χ3v) is 9.56. The van der Waals surface area contributed by atoms with Crippen molar-refractivity contribution in [1.82, 2.24) is 34.9 Å². The summed E-state index contributed by atoms with van der Waals surface area (Å²) in [5.41, 5.74) is 4.88. The minimum atomic E-state index is -0.338.